The molecule has 1 aromatic rings. The van der Waals surface area contributed by atoms with Crippen LogP contribution in [0.15, 0.2) is 24.5 Å². The minimum absolute atomic E-state index is 0.620. The first kappa shape index (κ1) is 12.5. The lowest BCUT2D eigenvalue weighted by Crippen LogP contribution is -2.32. The number of hydrogen-bond donors (Lipinski definition) is 1. The van der Waals surface area contributed by atoms with Gasteiger partial charge in [0.15, 0.2) is 0 Å². The molecule has 0 radical (unpaired) electrons. The van der Waals surface area contributed by atoms with Crippen molar-refractivity contribution in [1.82, 2.24) is 15.2 Å². The van der Waals surface area contributed by atoms with Gasteiger partial charge in [-0.05, 0) is 57.5 Å². The van der Waals surface area contributed by atoms with Gasteiger partial charge in [0.25, 0.3) is 0 Å². The molecule has 2 rings (SSSR count). The average molecular weight is 233 g/mol. The summed E-state index contributed by atoms with van der Waals surface area (Å²) in [6, 6.07) is 5.62. The largest absolute Gasteiger partial charge is 0.314 e. The van der Waals surface area contributed by atoms with Crippen LogP contribution in [0, 0.1) is 0 Å². The van der Waals surface area contributed by atoms with Crippen LogP contribution < -0.4 is 5.32 Å². The standard InChI is InChI=1S/C14H23N3/c1-12(5-10-16-14-3-4-14)17(2)11-13-6-8-15-9-7-13/h6-9,12,14,16H,3-5,10-11H2,1-2H3. The molecule has 1 unspecified atom stereocenters. The fraction of sp³-hybridized carbons (Fsp3) is 0.643. The average Bonchev–Trinajstić information content (AvgIpc) is 3.14. The van der Waals surface area contributed by atoms with Crippen molar-refractivity contribution in [3.63, 3.8) is 0 Å². The van der Waals surface area contributed by atoms with Crippen molar-refractivity contribution in [1.29, 1.82) is 0 Å². The third kappa shape index (κ3) is 4.44. The molecule has 0 amide bonds. The van der Waals surface area contributed by atoms with Crippen LogP contribution in [0.5, 0.6) is 0 Å². The maximum atomic E-state index is 4.04. The smallest absolute Gasteiger partial charge is 0.0271 e. The van der Waals surface area contributed by atoms with E-state index in [-0.39, 0.29) is 0 Å². The molecule has 0 spiro atoms. The topological polar surface area (TPSA) is 28.2 Å². The Kier molecular flexibility index (Phi) is 4.51. The van der Waals surface area contributed by atoms with E-state index in [1.54, 1.807) is 0 Å². The van der Waals surface area contributed by atoms with E-state index in [4.69, 9.17) is 0 Å². The molecule has 0 aliphatic heterocycles. The molecule has 1 aromatic heterocycles. The summed E-state index contributed by atoms with van der Waals surface area (Å²) < 4.78 is 0. The highest BCUT2D eigenvalue weighted by Gasteiger charge is 2.20. The quantitative estimate of drug-likeness (QED) is 0.781. The van der Waals surface area contributed by atoms with Crippen molar-refractivity contribution in [3.05, 3.63) is 30.1 Å². The zero-order chi connectivity index (χ0) is 12.1. The molecule has 1 N–H and O–H groups in total. The van der Waals surface area contributed by atoms with Crippen LogP contribution in [0.2, 0.25) is 0 Å². The monoisotopic (exact) mass is 233 g/mol. The van der Waals surface area contributed by atoms with E-state index in [9.17, 15) is 0 Å². The highest BCUT2D eigenvalue weighted by Crippen LogP contribution is 2.18. The molecule has 0 bridgehead atoms. The second kappa shape index (κ2) is 6.12. The zero-order valence-electron chi connectivity index (χ0n) is 10.9. The zero-order valence-corrected chi connectivity index (χ0v) is 10.9. The van der Waals surface area contributed by atoms with Crippen molar-refractivity contribution in [2.45, 2.75) is 44.8 Å². The van der Waals surface area contributed by atoms with Gasteiger partial charge in [-0.25, -0.2) is 0 Å². The first-order valence-electron chi connectivity index (χ1n) is 6.58. The second-order valence-corrected chi connectivity index (χ2v) is 5.14. The van der Waals surface area contributed by atoms with Crippen LogP contribution in [0.1, 0.15) is 31.7 Å². The summed E-state index contributed by atoms with van der Waals surface area (Å²) in [7, 11) is 2.20. The maximum absolute atomic E-state index is 4.04. The fourth-order valence-electron chi connectivity index (χ4n) is 1.94. The first-order chi connectivity index (χ1) is 8.25. The molecule has 1 atom stereocenters. The Bertz CT molecular complexity index is 321. The van der Waals surface area contributed by atoms with Gasteiger partial charge in [-0.1, -0.05) is 0 Å². The number of rotatable bonds is 7. The summed E-state index contributed by atoms with van der Waals surface area (Å²) in [6.45, 7) is 4.45. The van der Waals surface area contributed by atoms with E-state index in [0.717, 1.165) is 19.1 Å². The molecule has 1 saturated carbocycles. The number of aromatic nitrogens is 1. The minimum atomic E-state index is 0.620. The van der Waals surface area contributed by atoms with Gasteiger partial charge in [0.2, 0.25) is 0 Å². The van der Waals surface area contributed by atoms with E-state index in [0.29, 0.717) is 6.04 Å². The highest BCUT2D eigenvalue weighted by atomic mass is 15.1. The molecule has 1 aliphatic carbocycles. The molecule has 0 saturated heterocycles. The maximum Gasteiger partial charge on any atom is 0.0271 e. The van der Waals surface area contributed by atoms with Gasteiger partial charge >= 0.3 is 0 Å². The van der Waals surface area contributed by atoms with Crippen molar-refractivity contribution < 1.29 is 0 Å². The van der Waals surface area contributed by atoms with Crippen LogP contribution in [-0.4, -0.2) is 35.6 Å². The fourth-order valence-corrected chi connectivity index (χ4v) is 1.94. The van der Waals surface area contributed by atoms with Gasteiger partial charge in [0, 0.05) is 31.0 Å². The van der Waals surface area contributed by atoms with Gasteiger partial charge in [0.05, 0.1) is 0 Å². The van der Waals surface area contributed by atoms with E-state index in [2.05, 4.69) is 41.3 Å². The molecule has 1 aliphatic rings. The Hall–Kier alpha value is -0.930. The summed E-state index contributed by atoms with van der Waals surface area (Å²) in [4.78, 5) is 6.45. The van der Waals surface area contributed by atoms with Gasteiger partial charge in [-0.3, -0.25) is 9.88 Å². The van der Waals surface area contributed by atoms with Crippen LogP contribution in [0.4, 0.5) is 0 Å². The van der Waals surface area contributed by atoms with Gasteiger partial charge in [0.1, 0.15) is 0 Å². The molecule has 17 heavy (non-hydrogen) atoms. The first-order valence-corrected chi connectivity index (χ1v) is 6.58. The Labute approximate surface area is 104 Å². The van der Waals surface area contributed by atoms with Gasteiger partial charge in [-0.15, -0.1) is 0 Å². The van der Waals surface area contributed by atoms with Crippen LogP contribution in [0.25, 0.3) is 0 Å². The summed E-state index contributed by atoms with van der Waals surface area (Å²) in [6.07, 6.45) is 7.70. The lowest BCUT2D eigenvalue weighted by molar-refractivity contribution is 0.236. The van der Waals surface area contributed by atoms with Crippen molar-refractivity contribution in [2.24, 2.45) is 0 Å². The molecular formula is C14H23N3. The normalized spacial score (nSPS) is 17.4. The van der Waals surface area contributed by atoms with Crippen LogP contribution >= 0.6 is 0 Å². The van der Waals surface area contributed by atoms with Crippen molar-refractivity contribution in [2.75, 3.05) is 13.6 Å². The molecule has 3 heteroatoms. The van der Waals surface area contributed by atoms with Crippen LogP contribution in [0.3, 0.4) is 0 Å². The van der Waals surface area contributed by atoms with Crippen LogP contribution in [-0.2, 0) is 6.54 Å². The Morgan fingerprint density at radius 2 is 2.12 bits per heavy atom. The summed E-state index contributed by atoms with van der Waals surface area (Å²) >= 11 is 0. The SMILES string of the molecule is CC(CCNC1CC1)N(C)Cc1ccncc1. The molecule has 1 heterocycles. The lowest BCUT2D eigenvalue weighted by Gasteiger charge is -2.24. The van der Waals surface area contributed by atoms with Gasteiger partial charge < -0.3 is 5.32 Å². The Morgan fingerprint density at radius 3 is 2.76 bits per heavy atom. The minimum Gasteiger partial charge on any atom is -0.314 e. The third-order valence-corrected chi connectivity index (χ3v) is 3.51. The second-order valence-electron chi connectivity index (χ2n) is 5.14. The molecule has 94 valence electrons. The number of nitrogens with zero attached hydrogens (tertiary/aromatic N) is 2. The molecule has 3 nitrogen and oxygen atoms in total. The predicted molar refractivity (Wildman–Crippen MR) is 70.8 cm³/mol. The molecule has 0 aromatic carbocycles. The number of nitrogens with one attached hydrogen (secondary N) is 1. The predicted octanol–water partition coefficient (Wildman–Crippen LogP) is 2.04. The molecule has 1 fully saturated rings. The lowest BCUT2D eigenvalue weighted by atomic mass is 10.2. The highest BCUT2D eigenvalue weighted by molar-refractivity contribution is 5.09. The Morgan fingerprint density at radius 1 is 1.41 bits per heavy atom. The van der Waals surface area contributed by atoms with E-state index < -0.39 is 0 Å². The summed E-state index contributed by atoms with van der Waals surface area (Å²) in [5, 5.41) is 3.57. The number of hydrogen-bond acceptors (Lipinski definition) is 3. The van der Waals surface area contributed by atoms with E-state index >= 15 is 0 Å². The van der Waals surface area contributed by atoms with Gasteiger partial charge in [-0.2, -0.15) is 0 Å². The summed E-state index contributed by atoms with van der Waals surface area (Å²) in [5.74, 6) is 0. The molecular weight excluding hydrogens is 210 g/mol. The summed E-state index contributed by atoms with van der Waals surface area (Å²) in [5.41, 5.74) is 1.34. The van der Waals surface area contributed by atoms with E-state index in [1.807, 2.05) is 12.4 Å². The van der Waals surface area contributed by atoms with Crippen molar-refractivity contribution >= 4 is 0 Å². The Balaban J connectivity index is 1.68. The van der Waals surface area contributed by atoms with Crippen molar-refractivity contribution in [3.8, 4) is 0 Å². The van der Waals surface area contributed by atoms with E-state index in [1.165, 1.54) is 24.8 Å². The third-order valence-electron chi connectivity index (χ3n) is 3.51. The number of pyridine rings is 1.